The molecule has 1 atom stereocenters. The first-order valence-electron chi connectivity index (χ1n) is 9.34. The van der Waals surface area contributed by atoms with E-state index in [-0.39, 0.29) is 0 Å². The maximum absolute atomic E-state index is 6.02. The minimum Gasteiger partial charge on any atom is -0.493 e. The molecule has 2 aromatic rings. The zero-order valence-electron chi connectivity index (χ0n) is 15.1. The smallest absolute Gasteiger partial charge is 0.123 e. The molecular formula is C22H31NO. The minimum atomic E-state index is 0.379. The van der Waals surface area contributed by atoms with Gasteiger partial charge < -0.3 is 10.1 Å². The Bertz CT molecular complexity index is 567. The van der Waals surface area contributed by atoms with Crippen LogP contribution in [0.15, 0.2) is 54.6 Å². The van der Waals surface area contributed by atoms with E-state index in [4.69, 9.17) is 4.74 Å². The van der Waals surface area contributed by atoms with E-state index in [9.17, 15) is 0 Å². The Morgan fingerprint density at radius 3 is 2.38 bits per heavy atom. The Morgan fingerprint density at radius 2 is 1.62 bits per heavy atom. The van der Waals surface area contributed by atoms with Crippen LogP contribution < -0.4 is 10.1 Å². The number of nitrogens with one attached hydrogen (secondary N) is 1. The molecule has 2 heteroatoms. The lowest BCUT2D eigenvalue weighted by atomic mass is 10.0. The summed E-state index contributed by atoms with van der Waals surface area (Å²) in [6, 6.07) is 19.4. The standard InChI is InChI=1S/C22H31NO/c1-3-5-6-12-17-24-22-16-11-10-15-20(22)18-23-21(4-2)19-13-8-7-9-14-19/h7-11,13-16,21,23H,3-6,12,17-18H2,1-2H3. The van der Waals surface area contributed by atoms with Crippen molar-refractivity contribution in [2.24, 2.45) is 0 Å². The van der Waals surface area contributed by atoms with Gasteiger partial charge >= 0.3 is 0 Å². The fraction of sp³-hybridized carbons (Fsp3) is 0.455. The maximum atomic E-state index is 6.02. The number of hydrogen-bond acceptors (Lipinski definition) is 2. The highest BCUT2D eigenvalue weighted by Crippen LogP contribution is 2.21. The van der Waals surface area contributed by atoms with Crippen LogP contribution in [0.4, 0.5) is 0 Å². The molecule has 0 aliphatic rings. The molecular weight excluding hydrogens is 294 g/mol. The topological polar surface area (TPSA) is 21.3 Å². The molecule has 1 N–H and O–H groups in total. The first kappa shape index (κ1) is 18.5. The first-order chi connectivity index (χ1) is 11.8. The third kappa shape index (κ3) is 6.01. The third-order valence-electron chi connectivity index (χ3n) is 4.38. The van der Waals surface area contributed by atoms with Gasteiger partial charge in [-0.05, 0) is 24.5 Å². The molecule has 0 aliphatic carbocycles. The molecule has 2 rings (SSSR count). The second-order valence-corrected chi connectivity index (χ2v) is 6.27. The van der Waals surface area contributed by atoms with E-state index >= 15 is 0 Å². The molecule has 1 unspecified atom stereocenters. The van der Waals surface area contributed by atoms with Gasteiger partial charge in [0, 0.05) is 18.2 Å². The van der Waals surface area contributed by atoms with Gasteiger partial charge in [0.1, 0.15) is 5.75 Å². The summed E-state index contributed by atoms with van der Waals surface area (Å²) in [5.41, 5.74) is 2.58. The summed E-state index contributed by atoms with van der Waals surface area (Å²) in [6.07, 6.45) is 6.02. The molecule has 2 aromatic carbocycles. The van der Waals surface area contributed by atoms with Crippen molar-refractivity contribution in [1.82, 2.24) is 5.32 Å². The second kappa shape index (κ2) is 10.9. The fourth-order valence-corrected chi connectivity index (χ4v) is 2.92. The molecule has 0 aromatic heterocycles. The fourth-order valence-electron chi connectivity index (χ4n) is 2.92. The van der Waals surface area contributed by atoms with Crippen molar-refractivity contribution in [1.29, 1.82) is 0 Å². The van der Waals surface area contributed by atoms with Gasteiger partial charge in [0.05, 0.1) is 6.61 Å². The van der Waals surface area contributed by atoms with Gasteiger partial charge in [-0.3, -0.25) is 0 Å². The first-order valence-corrected chi connectivity index (χ1v) is 9.34. The highest BCUT2D eigenvalue weighted by molar-refractivity contribution is 5.33. The number of benzene rings is 2. The molecule has 0 fully saturated rings. The Labute approximate surface area is 147 Å². The van der Waals surface area contributed by atoms with Crippen LogP contribution in [0.25, 0.3) is 0 Å². The largest absolute Gasteiger partial charge is 0.493 e. The van der Waals surface area contributed by atoms with Crippen molar-refractivity contribution in [2.75, 3.05) is 6.61 Å². The molecule has 2 nitrogen and oxygen atoms in total. The summed E-state index contributed by atoms with van der Waals surface area (Å²) in [7, 11) is 0. The Hall–Kier alpha value is -1.80. The second-order valence-electron chi connectivity index (χ2n) is 6.27. The summed E-state index contributed by atoms with van der Waals surface area (Å²) in [4.78, 5) is 0. The summed E-state index contributed by atoms with van der Waals surface area (Å²) < 4.78 is 6.02. The van der Waals surface area contributed by atoms with Crippen molar-refractivity contribution in [3.8, 4) is 5.75 Å². The van der Waals surface area contributed by atoms with Crippen LogP contribution in [-0.4, -0.2) is 6.61 Å². The van der Waals surface area contributed by atoms with Crippen LogP contribution in [-0.2, 0) is 6.54 Å². The molecule has 0 amide bonds. The average molecular weight is 325 g/mol. The van der Waals surface area contributed by atoms with Crippen LogP contribution in [0.1, 0.15) is 63.1 Å². The number of unbranched alkanes of at least 4 members (excludes halogenated alkanes) is 3. The van der Waals surface area contributed by atoms with E-state index in [0.29, 0.717) is 6.04 Å². The molecule has 0 heterocycles. The van der Waals surface area contributed by atoms with Crippen LogP contribution in [0.5, 0.6) is 5.75 Å². The average Bonchev–Trinajstić information content (AvgIpc) is 2.64. The number of hydrogen-bond donors (Lipinski definition) is 1. The van der Waals surface area contributed by atoms with Gasteiger partial charge in [0.2, 0.25) is 0 Å². The van der Waals surface area contributed by atoms with Crippen LogP contribution in [0, 0.1) is 0 Å². The predicted octanol–water partition coefficient (Wildman–Crippen LogP) is 5.89. The molecule has 0 bridgehead atoms. The van der Waals surface area contributed by atoms with Crippen molar-refractivity contribution in [2.45, 2.75) is 58.5 Å². The molecule has 130 valence electrons. The molecule has 0 radical (unpaired) electrons. The SMILES string of the molecule is CCCCCCOc1ccccc1CNC(CC)c1ccccc1. The number of rotatable bonds is 11. The zero-order chi connectivity index (χ0) is 17.0. The van der Waals surface area contributed by atoms with Gasteiger partial charge in [-0.15, -0.1) is 0 Å². The van der Waals surface area contributed by atoms with Crippen LogP contribution >= 0.6 is 0 Å². The number of ether oxygens (including phenoxy) is 1. The van der Waals surface area contributed by atoms with Crippen molar-refractivity contribution in [3.05, 3.63) is 65.7 Å². The highest BCUT2D eigenvalue weighted by atomic mass is 16.5. The minimum absolute atomic E-state index is 0.379. The zero-order valence-corrected chi connectivity index (χ0v) is 15.1. The van der Waals surface area contributed by atoms with Gasteiger partial charge in [-0.25, -0.2) is 0 Å². The summed E-state index contributed by atoms with van der Waals surface area (Å²) in [5, 5.41) is 3.67. The van der Waals surface area contributed by atoms with Crippen molar-refractivity contribution in [3.63, 3.8) is 0 Å². The van der Waals surface area contributed by atoms with E-state index in [1.807, 2.05) is 0 Å². The quantitative estimate of drug-likeness (QED) is 0.520. The molecule has 0 saturated carbocycles. The molecule has 0 aliphatic heterocycles. The monoisotopic (exact) mass is 325 g/mol. The Morgan fingerprint density at radius 1 is 0.875 bits per heavy atom. The van der Waals surface area contributed by atoms with Gasteiger partial charge in [0.25, 0.3) is 0 Å². The molecule has 0 spiro atoms. The summed E-state index contributed by atoms with van der Waals surface area (Å²) >= 11 is 0. The lowest BCUT2D eigenvalue weighted by Gasteiger charge is -2.19. The Kier molecular flexibility index (Phi) is 8.40. The molecule has 0 saturated heterocycles. The van der Waals surface area contributed by atoms with Crippen molar-refractivity contribution >= 4 is 0 Å². The third-order valence-corrected chi connectivity index (χ3v) is 4.38. The normalized spacial score (nSPS) is 12.1. The van der Waals surface area contributed by atoms with Gasteiger partial charge in [-0.1, -0.05) is 81.6 Å². The number of para-hydroxylation sites is 1. The lowest BCUT2D eigenvalue weighted by Crippen LogP contribution is -2.20. The highest BCUT2D eigenvalue weighted by Gasteiger charge is 2.10. The van der Waals surface area contributed by atoms with Crippen LogP contribution in [0.2, 0.25) is 0 Å². The van der Waals surface area contributed by atoms with E-state index in [2.05, 4.69) is 73.8 Å². The molecule has 24 heavy (non-hydrogen) atoms. The predicted molar refractivity (Wildman–Crippen MR) is 102 cm³/mol. The van der Waals surface area contributed by atoms with E-state index in [1.54, 1.807) is 0 Å². The summed E-state index contributed by atoms with van der Waals surface area (Å²) in [5.74, 6) is 1.02. The van der Waals surface area contributed by atoms with Gasteiger partial charge in [-0.2, -0.15) is 0 Å². The van der Waals surface area contributed by atoms with E-state index in [0.717, 1.165) is 31.7 Å². The summed E-state index contributed by atoms with van der Waals surface area (Å²) in [6.45, 7) is 6.10. The Balaban J connectivity index is 1.89. The van der Waals surface area contributed by atoms with Gasteiger partial charge in [0.15, 0.2) is 0 Å². The lowest BCUT2D eigenvalue weighted by molar-refractivity contribution is 0.300. The van der Waals surface area contributed by atoms with Crippen LogP contribution in [0.3, 0.4) is 0 Å². The van der Waals surface area contributed by atoms with E-state index in [1.165, 1.54) is 30.4 Å². The van der Waals surface area contributed by atoms with Crippen molar-refractivity contribution < 1.29 is 4.74 Å². The van der Waals surface area contributed by atoms with E-state index < -0.39 is 0 Å². The maximum Gasteiger partial charge on any atom is 0.123 e.